The van der Waals surface area contributed by atoms with Crippen molar-refractivity contribution in [1.29, 1.82) is 0 Å². The second kappa shape index (κ2) is 7.27. The molecule has 0 radical (unpaired) electrons. The Bertz CT molecular complexity index is 624. The fourth-order valence-electron chi connectivity index (χ4n) is 3.16. The number of carbonyl (C=O) groups excluding carboxylic acids is 1. The number of halogens is 1. The number of carbonyl (C=O) groups is 1. The van der Waals surface area contributed by atoms with Gasteiger partial charge in [-0.2, -0.15) is 0 Å². The molecule has 2 atom stereocenters. The fourth-order valence-corrected chi connectivity index (χ4v) is 3.52. The first kappa shape index (κ1) is 15.5. The van der Waals surface area contributed by atoms with Crippen LogP contribution in [0.15, 0.2) is 54.6 Å². The Labute approximate surface area is 145 Å². The molecule has 0 heterocycles. The lowest BCUT2D eigenvalue weighted by Crippen LogP contribution is -2.30. The number of Topliss-reactive ketones (excluding diaryl/α,β-unsaturated/α-hetero) is 1. The van der Waals surface area contributed by atoms with E-state index in [2.05, 4.69) is 64.3 Å². The summed E-state index contributed by atoms with van der Waals surface area (Å²) in [5.41, 5.74) is 2.27. The Balaban J connectivity index is 1.88. The second-order valence-electron chi connectivity index (χ2n) is 5.86. The van der Waals surface area contributed by atoms with Crippen molar-refractivity contribution in [1.82, 2.24) is 0 Å². The monoisotopic (exact) mass is 405 g/mol. The van der Waals surface area contributed by atoms with Crippen LogP contribution in [0.25, 0.3) is 0 Å². The highest BCUT2D eigenvalue weighted by Crippen LogP contribution is 2.34. The zero-order chi connectivity index (χ0) is 15.4. The minimum absolute atomic E-state index is 0.0639. The van der Waals surface area contributed by atoms with Crippen LogP contribution in [-0.2, 0) is 4.79 Å². The van der Waals surface area contributed by atoms with Crippen molar-refractivity contribution in [2.24, 2.45) is 5.92 Å². The van der Waals surface area contributed by atoms with Gasteiger partial charge in [0.15, 0.2) is 0 Å². The molecule has 0 bridgehead atoms. The highest BCUT2D eigenvalue weighted by molar-refractivity contribution is 14.1. The third-order valence-corrected chi connectivity index (χ3v) is 5.05. The molecule has 22 heavy (non-hydrogen) atoms. The fraction of sp³-hybridized carbons (Fsp3) is 0.316. The Morgan fingerprint density at radius 2 is 1.73 bits per heavy atom. The number of hydrogen-bond donors (Lipinski definition) is 1. The first-order valence-electron chi connectivity index (χ1n) is 7.84. The predicted octanol–water partition coefficient (Wildman–Crippen LogP) is 5.20. The predicted molar refractivity (Wildman–Crippen MR) is 98.9 cm³/mol. The van der Waals surface area contributed by atoms with Crippen LogP contribution >= 0.6 is 22.6 Å². The molecule has 1 aliphatic carbocycles. The van der Waals surface area contributed by atoms with E-state index in [1.165, 1.54) is 9.13 Å². The molecule has 0 aliphatic heterocycles. The standard InChI is InChI=1S/C19H20INO/c20-15-10-12-16(13-11-15)21-19(14-6-2-1-3-7-14)17-8-4-5-9-18(17)22/h1-3,6-7,10-13,17,19,21H,4-5,8-9H2/t17-,19-/m1/s1. The van der Waals surface area contributed by atoms with Crippen molar-refractivity contribution in [2.45, 2.75) is 31.7 Å². The number of rotatable bonds is 4. The van der Waals surface area contributed by atoms with Gasteiger partial charge in [-0.1, -0.05) is 36.8 Å². The number of anilines is 1. The van der Waals surface area contributed by atoms with Crippen LogP contribution in [0, 0.1) is 9.49 Å². The molecule has 1 N–H and O–H groups in total. The van der Waals surface area contributed by atoms with Gasteiger partial charge >= 0.3 is 0 Å². The molecule has 3 rings (SSSR count). The van der Waals surface area contributed by atoms with Gasteiger partial charge in [-0.3, -0.25) is 4.79 Å². The van der Waals surface area contributed by atoms with Gasteiger partial charge in [0.25, 0.3) is 0 Å². The van der Waals surface area contributed by atoms with Crippen molar-refractivity contribution in [3.63, 3.8) is 0 Å². The van der Waals surface area contributed by atoms with Gasteiger partial charge in [-0.05, 0) is 65.3 Å². The average Bonchev–Trinajstić information content (AvgIpc) is 2.56. The summed E-state index contributed by atoms with van der Waals surface area (Å²) in [7, 11) is 0. The van der Waals surface area contributed by atoms with E-state index in [0.29, 0.717) is 5.78 Å². The van der Waals surface area contributed by atoms with Crippen molar-refractivity contribution in [2.75, 3.05) is 5.32 Å². The molecule has 0 amide bonds. The van der Waals surface area contributed by atoms with Gasteiger partial charge in [0, 0.05) is 21.6 Å². The van der Waals surface area contributed by atoms with Gasteiger partial charge in [0.05, 0.1) is 6.04 Å². The molecule has 1 aliphatic rings. The topological polar surface area (TPSA) is 29.1 Å². The zero-order valence-corrected chi connectivity index (χ0v) is 14.6. The minimum atomic E-state index is 0.0639. The summed E-state index contributed by atoms with van der Waals surface area (Å²) >= 11 is 2.31. The van der Waals surface area contributed by atoms with Crippen LogP contribution < -0.4 is 5.32 Å². The molecule has 1 saturated carbocycles. The van der Waals surface area contributed by atoms with E-state index in [1.54, 1.807) is 0 Å². The molecule has 1 fully saturated rings. The van der Waals surface area contributed by atoms with Crippen LogP contribution in [-0.4, -0.2) is 5.78 Å². The number of ketones is 1. The number of nitrogens with one attached hydrogen (secondary N) is 1. The van der Waals surface area contributed by atoms with Crippen LogP contribution in [0.5, 0.6) is 0 Å². The number of hydrogen-bond acceptors (Lipinski definition) is 2. The van der Waals surface area contributed by atoms with E-state index in [9.17, 15) is 4.79 Å². The van der Waals surface area contributed by atoms with Crippen molar-refractivity contribution in [3.05, 3.63) is 63.7 Å². The van der Waals surface area contributed by atoms with Crippen LogP contribution in [0.4, 0.5) is 5.69 Å². The summed E-state index contributed by atoms with van der Waals surface area (Å²) in [6.45, 7) is 0. The third kappa shape index (κ3) is 3.69. The summed E-state index contributed by atoms with van der Waals surface area (Å²) in [5.74, 6) is 0.480. The molecule has 0 aromatic heterocycles. The van der Waals surface area contributed by atoms with Gasteiger partial charge < -0.3 is 5.32 Å². The van der Waals surface area contributed by atoms with E-state index in [-0.39, 0.29) is 12.0 Å². The summed E-state index contributed by atoms with van der Waals surface area (Å²) in [6.07, 6.45) is 3.90. The van der Waals surface area contributed by atoms with E-state index in [4.69, 9.17) is 0 Å². The Hall–Kier alpha value is -1.36. The smallest absolute Gasteiger partial charge is 0.138 e. The highest BCUT2D eigenvalue weighted by Gasteiger charge is 2.31. The van der Waals surface area contributed by atoms with Crippen molar-refractivity contribution in [3.8, 4) is 0 Å². The lowest BCUT2D eigenvalue weighted by molar-refractivity contribution is -0.125. The molecule has 0 unspecified atom stereocenters. The lowest BCUT2D eigenvalue weighted by Gasteiger charge is -2.31. The first-order chi connectivity index (χ1) is 10.7. The van der Waals surface area contributed by atoms with E-state index >= 15 is 0 Å². The van der Waals surface area contributed by atoms with Gasteiger partial charge in [-0.15, -0.1) is 0 Å². The van der Waals surface area contributed by atoms with Gasteiger partial charge in [0.1, 0.15) is 5.78 Å². The first-order valence-corrected chi connectivity index (χ1v) is 8.92. The summed E-state index contributed by atoms with van der Waals surface area (Å²) in [5, 5.41) is 3.60. The highest BCUT2D eigenvalue weighted by atomic mass is 127. The molecule has 3 heteroatoms. The summed E-state index contributed by atoms with van der Waals surface area (Å²) < 4.78 is 1.22. The summed E-state index contributed by atoms with van der Waals surface area (Å²) in [4.78, 5) is 12.4. The normalized spacial score (nSPS) is 19.7. The molecule has 2 aromatic rings. The Morgan fingerprint density at radius 3 is 2.41 bits per heavy atom. The molecular weight excluding hydrogens is 385 g/mol. The third-order valence-electron chi connectivity index (χ3n) is 4.33. The van der Waals surface area contributed by atoms with Crippen LogP contribution in [0.2, 0.25) is 0 Å². The van der Waals surface area contributed by atoms with E-state index in [0.717, 1.165) is 31.4 Å². The molecule has 0 spiro atoms. The maximum absolute atomic E-state index is 12.4. The SMILES string of the molecule is O=C1CCCC[C@H]1[C@H](Nc1ccc(I)cc1)c1ccccc1. The maximum Gasteiger partial charge on any atom is 0.138 e. The lowest BCUT2D eigenvalue weighted by atomic mass is 9.80. The molecular formula is C19H20INO. The van der Waals surface area contributed by atoms with Crippen LogP contribution in [0.1, 0.15) is 37.3 Å². The zero-order valence-electron chi connectivity index (χ0n) is 12.5. The second-order valence-corrected chi connectivity index (χ2v) is 7.10. The Kier molecular flexibility index (Phi) is 5.13. The quantitative estimate of drug-likeness (QED) is 0.709. The molecule has 114 valence electrons. The van der Waals surface area contributed by atoms with Crippen LogP contribution in [0.3, 0.4) is 0 Å². The molecule has 2 nitrogen and oxygen atoms in total. The van der Waals surface area contributed by atoms with E-state index in [1.807, 2.05) is 18.2 Å². The molecule has 2 aromatic carbocycles. The maximum atomic E-state index is 12.4. The van der Waals surface area contributed by atoms with Crippen molar-refractivity contribution < 1.29 is 4.79 Å². The summed E-state index contributed by atoms with van der Waals surface area (Å²) in [6, 6.07) is 18.8. The average molecular weight is 405 g/mol. The Morgan fingerprint density at radius 1 is 1.00 bits per heavy atom. The molecule has 0 saturated heterocycles. The van der Waals surface area contributed by atoms with Gasteiger partial charge in [0.2, 0.25) is 0 Å². The van der Waals surface area contributed by atoms with Crippen molar-refractivity contribution >= 4 is 34.1 Å². The van der Waals surface area contributed by atoms with Gasteiger partial charge in [-0.25, -0.2) is 0 Å². The minimum Gasteiger partial charge on any atom is -0.378 e. The number of benzene rings is 2. The largest absolute Gasteiger partial charge is 0.378 e. The van der Waals surface area contributed by atoms with E-state index < -0.39 is 0 Å².